The minimum atomic E-state index is -0.723. The average molecular weight is 372 g/mol. The molecule has 1 atom stereocenters. The molecule has 2 aliphatic heterocycles. The molecule has 2 saturated heterocycles. The van der Waals surface area contributed by atoms with Gasteiger partial charge in [0, 0.05) is 40.3 Å². The lowest BCUT2D eigenvalue weighted by Gasteiger charge is -2.36. The van der Waals surface area contributed by atoms with Gasteiger partial charge >= 0.3 is 6.03 Å². The molecule has 0 spiro atoms. The number of fused-ring (bicyclic) bond motifs is 1. The molecule has 0 unspecified atom stereocenters. The number of hydrogen-bond acceptors (Lipinski definition) is 7. The monoisotopic (exact) mass is 372 g/mol. The van der Waals surface area contributed by atoms with Gasteiger partial charge in [-0.15, -0.1) is 0 Å². The molecular weight excluding hydrogens is 352 g/mol. The zero-order valence-corrected chi connectivity index (χ0v) is 15.1. The van der Waals surface area contributed by atoms with Crippen molar-refractivity contribution in [2.75, 3.05) is 45.2 Å². The highest BCUT2D eigenvalue weighted by Crippen LogP contribution is 2.22. The van der Waals surface area contributed by atoms with Crippen molar-refractivity contribution in [3.63, 3.8) is 0 Å². The van der Waals surface area contributed by atoms with Crippen molar-refractivity contribution < 1.29 is 14.4 Å². The van der Waals surface area contributed by atoms with Crippen LogP contribution in [-0.4, -0.2) is 98.8 Å². The molecule has 1 N–H and O–H groups in total. The third kappa shape index (κ3) is 2.84. The fraction of sp³-hybridized carbons (Fsp3) is 0.500. The molecule has 142 valence electrons. The van der Waals surface area contributed by atoms with Gasteiger partial charge in [-0.05, 0) is 0 Å². The van der Waals surface area contributed by atoms with Crippen molar-refractivity contribution in [3.05, 3.63) is 12.7 Å². The number of likely N-dealkylation sites (N-methyl/N-ethyl adjacent to an activating group) is 2. The van der Waals surface area contributed by atoms with E-state index in [1.54, 1.807) is 18.3 Å². The minimum absolute atomic E-state index is 0.00368. The molecule has 4 heterocycles. The van der Waals surface area contributed by atoms with E-state index in [1.807, 2.05) is 0 Å². The van der Waals surface area contributed by atoms with E-state index in [1.165, 1.54) is 18.3 Å². The van der Waals surface area contributed by atoms with Crippen LogP contribution in [-0.2, 0) is 9.59 Å². The molecule has 11 nitrogen and oxygen atoms in total. The lowest BCUT2D eigenvalue weighted by Crippen LogP contribution is -2.50. The second-order valence-corrected chi connectivity index (χ2v) is 6.68. The van der Waals surface area contributed by atoms with E-state index in [0.29, 0.717) is 31.8 Å². The first-order chi connectivity index (χ1) is 13.0. The van der Waals surface area contributed by atoms with E-state index < -0.39 is 6.04 Å². The highest BCUT2D eigenvalue weighted by molar-refractivity contribution is 6.05. The van der Waals surface area contributed by atoms with E-state index in [0.717, 1.165) is 16.2 Å². The van der Waals surface area contributed by atoms with Crippen LogP contribution in [0.25, 0.3) is 11.2 Å². The van der Waals surface area contributed by atoms with Crippen LogP contribution >= 0.6 is 0 Å². The minimum Gasteiger partial charge on any atom is -0.351 e. The third-order valence-corrected chi connectivity index (χ3v) is 5.17. The zero-order valence-electron chi connectivity index (χ0n) is 15.1. The molecule has 2 aliphatic rings. The Morgan fingerprint density at radius 3 is 2.56 bits per heavy atom. The van der Waals surface area contributed by atoms with Crippen LogP contribution in [0.3, 0.4) is 0 Å². The maximum Gasteiger partial charge on any atom is 0.326 e. The highest BCUT2D eigenvalue weighted by atomic mass is 16.2. The topological polar surface area (TPSA) is 119 Å². The lowest BCUT2D eigenvalue weighted by atomic mass is 10.1. The third-order valence-electron chi connectivity index (χ3n) is 5.17. The van der Waals surface area contributed by atoms with Crippen LogP contribution < -0.4 is 4.90 Å². The van der Waals surface area contributed by atoms with E-state index in [9.17, 15) is 14.4 Å². The van der Waals surface area contributed by atoms with E-state index in [2.05, 4.69) is 24.8 Å². The number of carbonyl (C=O) groups is 3. The second kappa shape index (κ2) is 6.49. The number of nitrogens with one attached hydrogen (secondary N) is 1. The van der Waals surface area contributed by atoms with E-state index >= 15 is 0 Å². The number of rotatable bonds is 3. The number of hydrogen-bond donors (Lipinski definition) is 1. The smallest absolute Gasteiger partial charge is 0.326 e. The summed E-state index contributed by atoms with van der Waals surface area (Å²) < 4.78 is 0. The Balaban J connectivity index is 1.39. The van der Waals surface area contributed by atoms with E-state index in [-0.39, 0.29) is 24.3 Å². The number of amides is 4. The summed E-state index contributed by atoms with van der Waals surface area (Å²) in [5.41, 5.74) is 1.38. The van der Waals surface area contributed by atoms with Crippen molar-refractivity contribution in [2.24, 2.45) is 0 Å². The predicted octanol–water partition coefficient (Wildman–Crippen LogP) is -0.716. The summed E-state index contributed by atoms with van der Waals surface area (Å²) in [6.07, 6.45) is 3.06. The van der Waals surface area contributed by atoms with Crippen LogP contribution in [0, 0.1) is 0 Å². The number of imide groups is 1. The van der Waals surface area contributed by atoms with Gasteiger partial charge in [0.15, 0.2) is 11.5 Å². The fourth-order valence-corrected chi connectivity index (χ4v) is 3.53. The van der Waals surface area contributed by atoms with Gasteiger partial charge in [0.1, 0.15) is 17.9 Å². The summed E-state index contributed by atoms with van der Waals surface area (Å²) in [6, 6.07) is -1.10. The van der Waals surface area contributed by atoms with Gasteiger partial charge in [-0.2, -0.15) is 0 Å². The van der Waals surface area contributed by atoms with Gasteiger partial charge in [-0.25, -0.2) is 19.7 Å². The molecule has 2 fully saturated rings. The summed E-state index contributed by atoms with van der Waals surface area (Å²) in [6.45, 7) is 2.27. The second-order valence-electron chi connectivity index (χ2n) is 6.68. The van der Waals surface area contributed by atoms with E-state index in [4.69, 9.17) is 0 Å². The SMILES string of the molecule is CN1C(=O)[C@@H](CC(=O)N2CCN(c3ncnc4nc[nH]c34)CC2)N(C)C1=O. The first-order valence-corrected chi connectivity index (χ1v) is 8.68. The Morgan fingerprint density at radius 1 is 1.15 bits per heavy atom. The maximum absolute atomic E-state index is 12.6. The number of carbonyl (C=O) groups excluding carboxylic acids is 3. The highest BCUT2D eigenvalue weighted by Gasteiger charge is 2.42. The maximum atomic E-state index is 12.6. The summed E-state index contributed by atoms with van der Waals surface area (Å²) in [4.78, 5) is 58.4. The summed E-state index contributed by atoms with van der Waals surface area (Å²) in [7, 11) is 2.98. The van der Waals surface area contributed by atoms with Crippen LogP contribution in [0.1, 0.15) is 6.42 Å². The number of imidazole rings is 1. The first kappa shape index (κ1) is 17.2. The molecule has 0 saturated carbocycles. The van der Waals surface area contributed by atoms with Gasteiger partial charge in [0.2, 0.25) is 5.91 Å². The lowest BCUT2D eigenvalue weighted by molar-refractivity contribution is -0.136. The molecule has 4 rings (SSSR count). The summed E-state index contributed by atoms with van der Waals surface area (Å²) in [5.74, 6) is 0.303. The van der Waals surface area contributed by atoms with Crippen molar-refractivity contribution in [1.29, 1.82) is 0 Å². The van der Waals surface area contributed by atoms with Crippen LogP contribution in [0.2, 0.25) is 0 Å². The fourth-order valence-electron chi connectivity index (χ4n) is 3.53. The molecule has 2 aromatic rings. The average Bonchev–Trinajstić information content (AvgIpc) is 3.24. The molecule has 2 aromatic heterocycles. The number of aromatic amines is 1. The normalized spacial score (nSPS) is 20.9. The van der Waals surface area contributed by atoms with Crippen molar-refractivity contribution in [3.8, 4) is 0 Å². The molecular formula is C16H20N8O3. The molecule has 0 aromatic carbocycles. The van der Waals surface area contributed by atoms with Crippen LogP contribution in [0.5, 0.6) is 0 Å². The number of urea groups is 1. The Bertz CT molecular complexity index is 904. The van der Waals surface area contributed by atoms with Gasteiger partial charge in [0.05, 0.1) is 12.7 Å². The number of piperazine rings is 1. The van der Waals surface area contributed by atoms with Gasteiger partial charge in [-0.1, -0.05) is 0 Å². The summed E-state index contributed by atoms with van der Waals surface area (Å²) >= 11 is 0. The molecule has 27 heavy (non-hydrogen) atoms. The number of anilines is 1. The largest absolute Gasteiger partial charge is 0.351 e. The molecule has 0 radical (unpaired) electrons. The van der Waals surface area contributed by atoms with Crippen LogP contribution in [0.15, 0.2) is 12.7 Å². The number of aromatic nitrogens is 4. The van der Waals surface area contributed by atoms with Crippen molar-refractivity contribution in [1.82, 2.24) is 34.6 Å². The Morgan fingerprint density at radius 2 is 1.89 bits per heavy atom. The Kier molecular flexibility index (Phi) is 4.13. The number of nitrogens with zero attached hydrogens (tertiary/aromatic N) is 7. The molecule has 4 amide bonds. The predicted molar refractivity (Wildman–Crippen MR) is 94.8 cm³/mol. The van der Waals surface area contributed by atoms with Crippen molar-refractivity contribution in [2.45, 2.75) is 12.5 Å². The van der Waals surface area contributed by atoms with Gasteiger partial charge < -0.3 is 19.7 Å². The quantitative estimate of drug-likeness (QED) is 0.707. The van der Waals surface area contributed by atoms with Crippen molar-refractivity contribution >= 4 is 34.8 Å². The molecule has 0 aliphatic carbocycles. The first-order valence-electron chi connectivity index (χ1n) is 8.68. The molecule has 11 heteroatoms. The van der Waals surface area contributed by atoms with Gasteiger partial charge in [0.25, 0.3) is 5.91 Å². The van der Waals surface area contributed by atoms with Crippen LogP contribution in [0.4, 0.5) is 10.6 Å². The summed E-state index contributed by atoms with van der Waals surface area (Å²) in [5, 5.41) is 0. The zero-order chi connectivity index (χ0) is 19.1. The Hall–Kier alpha value is -3.24. The number of H-pyrrole nitrogens is 1. The molecule has 0 bridgehead atoms. The van der Waals surface area contributed by atoms with Gasteiger partial charge in [-0.3, -0.25) is 14.5 Å². The Labute approximate surface area is 155 Å². The standard InChI is InChI=1S/C16H20N8O3/c1-21-10(15(26)22(2)16(21)27)7-11(25)23-3-5-24(6-4-23)14-12-13(18-8-17-12)19-9-20-14/h8-10H,3-7H2,1-2H3,(H,17,18,19,20)/t10-/m1/s1.